The van der Waals surface area contributed by atoms with Gasteiger partial charge in [0.15, 0.2) is 0 Å². The van der Waals surface area contributed by atoms with Crippen molar-refractivity contribution in [1.29, 1.82) is 0 Å². The minimum absolute atomic E-state index is 0.142. The fraction of sp³-hybridized carbons (Fsp3) is 0.167. The van der Waals surface area contributed by atoms with Crippen LogP contribution in [0.3, 0.4) is 0 Å². The molecule has 0 bridgehead atoms. The van der Waals surface area contributed by atoms with Crippen LogP contribution in [-0.4, -0.2) is 42.2 Å². The molecule has 1 rings (SSSR count). The molecule has 0 fully saturated rings. The van der Waals surface area contributed by atoms with Gasteiger partial charge in [-0.3, -0.25) is 0 Å². The zero-order chi connectivity index (χ0) is 8.48. The molecule has 1 aromatic rings. The molecule has 57 valence electrons. The fourth-order valence-electron chi connectivity index (χ4n) is 0.600. The van der Waals surface area contributed by atoms with E-state index < -0.39 is 9.84 Å². The molecule has 0 N–H and O–H groups in total. The second-order valence-corrected chi connectivity index (χ2v) is 5.77. The maximum absolute atomic E-state index is 10.9. The van der Waals surface area contributed by atoms with Gasteiger partial charge in [-0.25, -0.2) is 0 Å². The average Bonchev–Trinajstić information content (AvgIpc) is 1.86. The number of aromatic nitrogens is 1. The summed E-state index contributed by atoms with van der Waals surface area (Å²) < 4.78 is 22.8. The molecular weight excluding hydrogens is 269 g/mol. The van der Waals surface area contributed by atoms with Crippen molar-refractivity contribution in [1.82, 2.24) is 4.98 Å². The number of nitrogens with zero attached hydrogens (tertiary/aromatic N) is 1. The Hall–Kier alpha value is -0.101. The second-order valence-electron chi connectivity index (χ2n) is 2.16. The summed E-state index contributed by atoms with van der Waals surface area (Å²) in [5.74, 6) is 0. The van der Waals surface area contributed by atoms with Crippen molar-refractivity contribution in [2.24, 2.45) is 0 Å². The fourth-order valence-corrected chi connectivity index (χ4v) is 1.58. The van der Waals surface area contributed by atoms with Crippen LogP contribution in [-0.2, 0) is 9.84 Å². The van der Waals surface area contributed by atoms with Crippen molar-refractivity contribution in [3.05, 3.63) is 18.3 Å². The van der Waals surface area contributed by atoms with Gasteiger partial charge in [0, 0.05) is 0 Å². The van der Waals surface area contributed by atoms with Crippen molar-refractivity contribution in [3.8, 4) is 0 Å². The summed E-state index contributed by atoms with van der Waals surface area (Å²) in [5.41, 5.74) is 0. The van der Waals surface area contributed by atoms with Gasteiger partial charge in [-0.1, -0.05) is 0 Å². The van der Waals surface area contributed by atoms with Crippen molar-refractivity contribution >= 4 is 35.9 Å². The average molecular weight is 275 g/mol. The first-order chi connectivity index (χ1) is 5.00. The Morgan fingerprint density at radius 3 is 2.45 bits per heavy atom. The predicted octanol–water partition coefficient (Wildman–Crippen LogP) is -0.721. The molecule has 5 heteroatoms. The molecule has 3 nitrogen and oxygen atoms in total. The molecule has 1 heterocycles. The molecule has 0 aliphatic heterocycles. The standard InChI is InChI=1S/C6H6NO2S.Sn/c1-10(8,9)6-4-2-3-5-7-6;/h2,4-5H,1H3;. The molecule has 0 aromatic carbocycles. The van der Waals surface area contributed by atoms with E-state index in [9.17, 15) is 8.42 Å². The molecule has 0 aliphatic rings. The van der Waals surface area contributed by atoms with Gasteiger partial charge in [0.2, 0.25) is 0 Å². The summed E-state index contributed by atoms with van der Waals surface area (Å²) in [6.45, 7) is 0. The SMILES string of the molecule is CS(=O)(=O)c1cc[c]([Sn])cn1. The molecule has 0 saturated heterocycles. The Labute approximate surface area is 78.9 Å². The zero-order valence-electron chi connectivity index (χ0n) is 5.90. The van der Waals surface area contributed by atoms with E-state index in [1.807, 2.05) is 0 Å². The summed E-state index contributed by atoms with van der Waals surface area (Å²) in [6.07, 6.45) is 2.73. The van der Waals surface area contributed by atoms with Crippen LogP contribution >= 0.6 is 0 Å². The van der Waals surface area contributed by atoms with Crippen LogP contribution in [0.2, 0.25) is 0 Å². The first-order valence-corrected chi connectivity index (χ1v) is 6.20. The maximum atomic E-state index is 10.9. The van der Waals surface area contributed by atoms with E-state index in [1.54, 1.807) is 12.3 Å². The topological polar surface area (TPSA) is 47.0 Å². The molecule has 0 saturated carbocycles. The summed E-state index contributed by atoms with van der Waals surface area (Å²) in [7, 11) is -3.12. The monoisotopic (exact) mass is 276 g/mol. The van der Waals surface area contributed by atoms with Crippen molar-refractivity contribution in [2.75, 3.05) is 6.26 Å². The second kappa shape index (κ2) is 3.10. The van der Waals surface area contributed by atoms with E-state index in [1.165, 1.54) is 28.6 Å². The van der Waals surface area contributed by atoms with Crippen LogP contribution in [0.25, 0.3) is 0 Å². The van der Waals surface area contributed by atoms with E-state index >= 15 is 0 Å². The van der Waals surface area contributed by atoms with Gasteiger partial charge in [-0.15, -0.1) is 0 Å². The van der Waals surface area contributed by atoms with Gasteiger partial charge in [-0.05, 0) is 0 Å². The third kappa shape index (κ3) is 2.44. The van der Waals surface area contributed by atoms with Gasteiger partial charge < -0.3 is 0 Å². The molecule has 0 amide bonds. The van der Waals surface area contributed by atoms with E-state index in [4.69, 9.17) is 0 Å². The Bertz CT molecular complexity index is 343. The quantitative estimate of drug-likeness (QED) is 0.635. The zero-order valence-corrected chi connectivity index (χ0v) is 9.57. The number of rotatable bonds is 1. The summed E-state index contributed by atoms with van der Waals surface area (Å²) in [5, 5.41) is 0.142. The molecular formula is C6H6NO2SSn. The summed E-state index contributed by atoms with van der Waals surface area (Å²) in [4.78, 5) is 3.78. The van der Waals surface area contributed by atoms with Crippen LogP contribution in [0.5, 0.6) is 0 Å². The Kier molecular flexibility index (Phi) is 2.53. The van der Waals surface area contributed by atoms with E-state index in [-0.39, 0.29) is 5.03 Å². The molecule has 11 heavy (non-hydrogen) atoms. The van der Waals surface area contributed by atoms with Crippen molar-refractivity contribution < 1.29 is 8.42 Å². The van der Waals surface area contributed by atoms with Crippen LogP contribution in [0.4, 0.5) is 0 Å². The van der Waals surface area contributed by atoms with Gasteiger partial charge in [0.25, 0.3) is 0 Å². The van der Waals surface area contributed by atoms with Gasteiger partial charge in [0.05, 0.1) is 0 Å². The minimum atomic E-state index is -3.12. The molecule has 3 radical (unpaired) electrons. The van der Waals surface area contributed by atoms with E-state index in [0.717, 1.165) is 9.84 Å². The van der Waals surface area contributed by atoms with Gasteiger partial charge in [-0.2, -0.15) is 0 Å². The Morgan fingerprint density at radius 2 is 2.09 bits per heavy atom. The van der Waals surface area contributed by atoms with E-state index in [0.29, 0.717) is 0 Å². The van der Waals surface area contributed by atoms with E-state index in [2.05, 4.69) is 4.98 Å². The molecule has 0 atom stereocenters. The molecule has 0 aliphatic carbocycles. The number of hydrogen-bond acceptors (Lipinski definition) is 3. The Morgan fingerprint density at radius 1 is 1.45 bits per heavy atom. The first kappa shape index (κ1) is 8.99. The first-order valence-electron chi connectivity index (χ1n) is 2.88. The number of pyridine rings is 1. The summed E-state index contributed by atoms with van der Waals surface area (Å²) in [6, 6.07) is 3.29. The molecule has 1 aromatic heterocycles. The van der Waals surface area contributed by atoms with Crippen molar-refractivity contribution in [2.45, 2.75) is 5.03 Å². The van der Waals surface area contributed by atoms with Gasteiger partial charge in [0.1, 0.15) is 0 Å². The Balaban J connectivity index is 3.20. The number of sulfone groups is 1. The van der Waals surface area contributed by atoms with Crippen LogP contribution < -0.4 is 3.58 Å². The van der Waals surface area contributed by atoms with Crippen LogP contribution in [0.1, 0.15) is 0 Å². The number of hydrogen-bond donors (Lipinski definition) is 0. The molecule has 0 spiro atoms. The van der Waals surface area contributed by atoms with Crippen LogP contribution in [0, 0.1) is 0 Å². The van der Waals surface area contributed by atoms with Crippen LogP contribution in [0.15, 0.2) is 23.4 Å². The van der Waals surface area contributed by atoms with Crippen molar-refractivity contribution in [3.63, 3.8) is 0 Å². The summed E-state index contributed by atoms with van der Waals surface area (Å²) >= 11 is 1.24. The van der Waals surface area contributed by atoms with Gasteiger partial charge >= 0.3 is 79.0 Å². The molecule has 0 unspecified atom stereocenters. The predicted molar refractivity (Wildman–Crippen MR) is 42.7 cm³/mol. The third-order valence-electron chi connectivity index (χ3n) is 1.12. The normalized spacial score (nSPS) is 11.5. The third-order valence-corrected chi connectivity index (χ3v) is 2.96.